The molecule has 0 aromatic heterocycles. The second kappa shape index (κ2) is 8.19. The Morgan fingerprint density at radius 1 is 1.08 bits per heavy atom. The van der Waals surface area contributed by atoms with Crippen LogP contribution in [0.2, 0.25) is 0 Å². The van der Waals surface area contributed by atoms with Crippen LogP contribution in [0.4, 0.5) is 10.5 Å². The van der Waals surface area contributed by atoms with E-state index in [1.807, 2.05) is 6.92 Å². The van der Waals surface area contributed by atoms with Crippen molar-refractivity contribution in [2.75, 3.05) is 24.7 Å². The molecule has 6 nitrogen and oxygen atoms in total. The van der Waals surface area contributed by atoms with Gasteiger partial charge in [-0.05, 0) is 50.6 Å². The maximum Gasteiger partial charge on any atom is 0.418 e. The van der Waals surface area contributed by atoms with Crippen molar-refractivity contribution >= 4 is 23.3 Å². The molecular formula is C18H21NO5. The van der Waals surface area contributed by atoms with Gasteiger partial charge in [0.25, 0.3) is 0 Å². The Morgan fingerprint density at radius 3 is 2.50 bits per heavy atom. The molecule has 128 valence electrons. The Morgan fingerprint density at radius 2 is 1.83 bits per heavy atom. The van der Waals surface area contributed by atoms with E-state index in [2.05, 4.69) is 0 Å². The second-order valence-electron chi connectivity index (χ2n) is 4.85. The second-order valence-corrected chi connectivity index (χ2v) is 4.85. The number of carbonyl (C=O) groups is 2. The first-order valence-electron chi connectivity index (χ1n) is 7.90. The highest BCUT2D eigenvalue weighted by Crippen LogP contribution is 2.36. The summed E-state index contributed by atoms with van der Waals surface area (Å²) in [6, 6.07) is 5.33. The van der Waals surface area contributed by atoms with Gasteiger partial charge in [-0.2, -0.15) is 0 Å². The lowest BCUT2D eigenvalue weighted by Crippen LogP contribution is -2.28. The van der Waals surface area contributed by atoms with Crippen LogP contribution in [0.1, 0.15) is 26.3 Å². The number of anilines is 1. The van der Waals surface area contributed by atoms with Crippen molar-refractivity contribution in [1.29, 1.82) is 0 Å². The van der Waals surface area contributed by atoms with Gasteiger partial charge in [0, 0.05) is 17.8 Å². The lowest BCUT2D eigenvalue weighted by molar-refractivity contribution is -0.137. The number of carbonyl (C=O) groups excluding carboxylic acids is 2. The van der Waals surface area contributed by atoms with Crippen LogP contribution < -0.4 is 9.64 Å². The number of fused-ring (bicyclic) bond motifs is 1. The number of allylic oxidation sites excluding steroid dienone is 2. The molecule has 1 aromatic rings. The first kappa shape index (κ1) is 17.6. The smallest absolute Gasteiger partial charge is 0.418 e. The number of hydrogen-bond donors (Lipinski definition) is 0. The maximum absolute atomic E-state index is 12.1. The third-order valence-corrected chi connectivity index (χ3v) is 3.28. The lowest BCUT2D eigenvalue weighted by Gasteiger charge is -2.25. The molecule has 1 aromatic carbocycles. The van der Waals surface area contributed by atoms with Gasteiger partial charge >= 0.3 is 12.1 Å². The Bertz CT molecular complexity index is 678. The quantitative estimate of drug-likeness (QED) is 0.610. The molecule has 0 unspecified atom stereocenters. The normalized spacial score (nSPS) is 14.3. The molecule has 1 aliphatic heterocycles. The van der Waals surface area contributed by atoms with E-state index >= 15 is 0 Å². The van der Waals surface area contributed by atoms with E-state index in [-0.39, 0.29) is 6.61 Å². The summed E-state index contributed by atoms with van der Waals surface area (Å²) in [7, 11) is 0. The third-order valence-electron chi connectivity index (χ3n) is 3.28. The third kappa shape index (κ3) is 3.95. The molecule has 0 atom stereocenters. The molecule has 1 amide bonds. The number of rotatable bonds is 5. The highest BCUT2D eigenvalue weighted by molar-refractivity contribution is 6.03. The molecule has 1 aliphatic rings. The van der Waals surface area contributed by atoms with Crippen LogP contribution in [-0.4, -0.2) is 31.9 Å². The van der Waals surface area contributed by atoms with Crippen LogP contribution in [0, 0.1) is 0 Å². The molecule has 1 heterocycles. The van der Waals surface area contributed by atoms with Crippen molar-refractivity contribution in [3.05, 3.63) is 42.1 Å². The summed E-state index contributed by atoms with van der Waals surface area (Å²) >= 11 is 0. The fourth-order valence-electron chi connectivity index (χ4n) is 2.33. The molecule has 0 saturated heterocycles. The average Bonchev–Trinajstić information content (AvgIpc) is 2.56. The van der Waals surface area contributed by atoms with Crippen molar-refractivity contribution in [2.45, 2.75) is 20.8 Å². The van der Waals surface area contributed by atoms with Gasteiger partial charge in [0.05, 0.1) is 25.5 Å². The molecule has 0 aliphatic carbocycles. The van der Waals surface area contributed by atoms with Gasteiger partial charge in [-0.1, -0.05) is 0 Å². The van der Waals surface area contributed by atoms with E-state index in [0.717, 1.165) is 0 Å². The van der Waals surface area contributed by atoms with Crippen molar-refractivity contribution in [3.8, 4) is 5.75 Å². The largest absolute Gasteiger partial charge is 0.494 e. The zero-order valence-corrected chi connectivity index (χ0v) is 14.1. The molecule has 0 saturated carbocycles. The minimum absolute atomic E-state index is 0.279. The highest BCUT2D eigenvalue weighted by Gasteiger charge is 2.23. The molecule has 0 radical (unpaired) electrons. The van der Waals surface area contributed by atoms with E-state index in [1.54, 1.807) is 44.3 Å². The molecule has 6 heteroatoms. The summed E-state index contributed by atoms with van der Waals surface area (Å²) in [6.45, 7) is 6.48. The molecule has 24 heavy (non-hydrogen) atoms. The highest BCUT2D eigenvalue weighted by atomic mass is 16.6. The van der Waals surface area contributed by atoms with Crippen LogP contribution in [0.15, 0.2) is 36.6 Å². The fraction of sp³-hybridized carbons (Fsp3) is 0.333. The molecule has 0 fully saturated rings. The summed E-state index contributed by atoms with van der Waals surface area (Å²) in [5.74, 6) is 0.222. The number of esters is 1. The summed E-state index contributed by atoms with van der Waals surface area (Å²) in [6.07, 6.45) is 4.17. The first-order valence-corrected chi connectivity index (χ1v) is 7.90. The van der Waals surface area contributed by atoms with Gasteiger partial charge in [0.1, 0.15) is 5.75 Å². The standard InChI is InChI=1S/C18H21NO5/c1-4-22-14-7-8-16-15(12-14)13(11-17(20)23-5-2)9-10-19(16)18(21)24-6-3/h7-12H,4-6H2,1-3H3/b13-11+. The molecule has 0 bridgehead atoms. The van der Waals surface area contributed by atoms with Crippen molar-refractivity contribution in [1.82, 2.24) is 0 Å². The fourth-order valence-corrected chi connectivity index (χ4v) is 2.33. The molecular weight excluding hydrogens is 310 g/mol. The van der Waals surface area contributed by atoms with Gasteiger partial charge < -0.3 is 14.2 Å². The number of nitrogens with zero attached hydrogens (tertiary/aromatic N) is 1. The Balaban J connectivity index is 2.45. The summed E-state index contributed by atoms with van der Waals surface area (Å²) in [5, 5.41) is 0. The van der Waals surface area contributed by atoms with E-state index in [9.17, 15) is 9.59 Å². The predicted molar refractivity (Wildman–Crippen MR) is 90.9 cm³/mol. The minimum Gasteiger partial charge on any atom is -0.494 e. The number of ether oxygens (including phenoxy) is 3. The predicted octanol–water partition coefficient (Wildman–Crippen LogP) is 3.52. The van der Waals surface area contributed by atoms with Gasteiger partial charge in [0.15, 0.2) is 0 Å². The Kier molecular flexibility index (Phi) is 6.01. The summed E-state index contributed by atoms with van der Waals surface area (Å²) < 4.78 is 15.5. The lowest BCUT2D eigenvalue weighted by atomic mass is 9.99. The van der Waals surface area contributed by atoms with Crippen molar-refractivity contribution < 1.29 is 23.8 Å². The number of amides is 1. The number of hydrogen-bond acceptors (Lipinski definition) is 5. The van der Waals surface area contributed by atoms with Gasteiger partial charge in [-0.15, -0.1) is 0 Å². The monoisotopic (exact) mass is 331 g/mol. The molecule has 0 spiro atoms. The summed E-state index contributed by atoms with van der Waals surface area (Å²) in [4.78, 5) is 25.3. The number of benzene rings is 1. The van der Waals surface area contributed by atoms with Gasteiger partial charge in [-0.25, -0.2) is 9.59 Å². The SMILES string of the molecule is CCOC(=O)/C=C1\C=CN(C(=O)OCC)c2ccc(OCC)cc21. The van der Waals surface area contributed by atoms with Crippen LogP contribution >= 0.6 is 0 Å². The molecule has 0 N–H and O–H groups in total. The zero-order valence-electron chi connectivity index (χ0n) is 14.1. The maximum atomic E-state index is 12.1. The first-order chi connectivity index (χ1) is 11.6. The van der Waals surface area contributed by atoms with E-state index in [1.165, 1.54) is 11.0 Å². The Labute approximate surface area is 141 Å². The van der Waals surface area contributed by atoms with Crippen LogP contribution in [0.3, 0.4) is 0 Å². The average molecular weight is 331 g/mol. The van der Waals surface area contributed by atoms with Crippen LogP contribution in [0.25, 0.3) is 5.57 Å². The summed E-state index contributed by atoms with van der Waals surface area (Å²) in [5.41, 5.74) is 1.96. The zero-order chi connectivity index (χ0) is 17.5. The van der Waals surface area contributed by atoms with Crippen molar-refractivity contribution in [2.24, 2.45) is 0 Å². The van der Waals surface area contributed by atoms with Crippen molar-refractivity contribution in [3.63, 3.8) is 0 Å². The van der Waals surface area contributed by atoms with E-state index in [4.69, 9.17) is 14.2 Å². The van der Waals surface area contributed by atoms with E-state index < -0.39 is 12.1 Å². The minimum atomic E-state index is -0.477. The van der Waals surface area contributed by atoms with E-state index in [0.29, 0.717) is 35.8 Å². The molecule has 2 rings (SSSR count). The Hall–Kier alpha value is -2.76. The van der Waals surface area contributed by atoms with Gasteiger partial charge in [-0.3, -0.25) is 4.90 Å². The van der Waals surface area contributed by atoms with Crippen LogP contribution in [0.5, 0.6) is 5.75 Å². The van der Waals surface area contributed by atoms with Gasteiger partial charge in [0.2, 0.25) is 0 Å². The topological polar surface area (TPSA) is 65.1 Å². The van der Waals surface area contributed by atoms with Crippen LogP contribution in [-0.2, 0) is 14.3 Å².